The number of aliphatic hydroxyl groups is 1. The number of aryl methyl sites for hydroxylation is 1. The second-order valence-electron chi connectivity index (χ2n) is 19.0. The quantitative estimate of drug-likeness (QED) is 0.170. The molecule has 334 valence electrons. The number of hydrogen-bond acceptors (Lipinski definition) is 9. The van der Waals surface area contributed by atoms with Crippen LogP contribution in [0.1, 0.15) is 115 Å². The van der Waals surface area contributed by atoms with E-state index in [1.165, 1.54) is 27.6 Å². The molecule has 2 aromatic carbocycles. The molecule has 65 heavy (non-hydrogen) atoms. The number of rotatable bonds is 8. The monoisotopic (exact) mass is 882 g/mol. The number of nitrogens with zero attached hydrogens (tertiary/aromatic N) is 9. The Bertz CT molecular complexity index is 3220. The molecule has 2 N–H and O–H groups in total. The first-order valence-corrected chi connectivity index (χ1v) is 22.4. The summed E-state index contributed by atoms with van der Waals surface area (Å²) >= 11 is 0. The summed E-state index contributed by atoms with van der Waals surface area (Å²) < 4.78 is 45.4. The van der Waals surface area contributed by atoms with Gasteiger partial charge in [-0.05, 0) is 119 Å². The minimum atomic E-state index is -1.29. The molecule has 12 rings (SSSR count). The smallest absolute Gasteiger partial charge is 0.338 e. The van der Waals surface area contributed by atoms with Crippen molar-refractivity contribution in [2.75, 3.05) is 13.2 Å². The molecule has 0 spiro atoms. The minimum Gasteiger partial charge on any atom is -0.376 e. The standard InChI is InChI=1S/C48H48F2N10O5/c1-26-39-35(53-60(30-8-9-34(49)31(21-30)27-5-6-27)42(39)59-19-18-58(46(59)63)38-12-11-36-32(41(38)50)23-51-55(36)4)13-17-57(26)43(61)33-25-56-24-29(28-14-20-64-47(2,3)22-28)7-10-37(56)40(33)48(15-16-48)44-52-45(62)65-54-44/h7-12,18-19,21,23-28,45,62H,5-6,13-17,20,22H2,1-4H3,(H,52,54)/t26-,28-,45?/m0/s1. The molecule has 3 aliphatic heterocycles. The average Bonchev–Trinajstić information content (AvgIpc) is 4.03. The van der Waals surface area contributed by atoms with Gasteiger partial charge >= 0.3 is 12.1 Å². The van der Waals surface area contributed by atoms with E-state index in [4.69, 9.17) is 14.7 Å². The lowest BCUT2D eigenvalue weighted by molar-refractivity contribution is -0.0896. The van der Waals surface area contributed by atoms with Crippen LogP contribution >= 0.6 is 0 Å². The Morgan fingerprint density at radius 1 is 0.985 bits per heavy atom. The van der Waals surface area contributed by atoms with E-state index in [1.807, 2.05) is 22.4 Å². The maximum atomic E-state index is 16.2. The number of imidazole rings is 1. The number of pyridine rings is 1. The zero-order valence-corrected chi connectivity index (χ0v) is 36.5. The number of aromatic nitrogens is 7. The Labute approximate surface area is 371 Å². The summed E-state index contributed by atoms with van der Waals surface area (Å²) in [6, 6.07) is 11.8. The molecule has 3 fully saturated rings. The predicted molar refractivity (Wildman–Crippen MR) is 236 cm³/mol. The minimum absolute atomic E-state index is 0.0575. The fraction of sp³-hybridized carbons (Fsp3) is 0.396. The van der Waals surface area contributed by atoms with Crippen molar-refractivity contribution in [3.63, 3.8) is 0 Å². The van der Waals surface area contributed by atoms with Gasteiger partial charge in [0, 0.05) is 62.5 Å². The van der Waals surface area contributed by atoms with E-state index in [2.05, 4.69) is 47.7 Å². The highest BCUT2D eigenvalue weighted by Crippen LogP contribution is 2.54. The third-order valence-electron chi connectivity index (χ3n) is 14.4. The number of aliphatic hydroxyl groups excluding tert-OH is 1. The Kier molecular flexibility index (Phi) is 8.73. The third kappa shape index (κ3) is 6.21. The average molecular weight is 883 g/mol. The van der Waals surface area contributed by atoms with Gasteiger partial charge in [0.15, 0.2) is 11.7 Å². The molecular formula is C48H48F2N10O5. The van der Waals surface area contributed by atoms with Crippen LogP contribution in [0.3, 0.4) is 0 Å². The van der Waals surface area contributed by atoms with E-state index in [1.54, 1.807) is 46.9 Å². The number of hydrogen-bond donors (Lipinski definition) is 2. The number of benzene rings is 2. The molecule has 2 aliphatic carbocycles. The van der Waals surface area contributed by atoms with Gasteiger partial charge in [-0.3, -0.25) is 18.6 Å². The third-order valence-corrected chi connectivity index (χ3v) is 14.4. The SMILES string of the molecule is C[C@H]1c2c(nn(-c3ccc(F)c(C4CC4)c3)c2-n2ccn(-c3ccc4c(cnn4C)c3F)c2=O)CCN1C(=O)c1cn2cc([C@H]3CCOC(C)(C)C3)ccc2c1C1(C2=NOC(O)N2)CC1. The van der Waals surface area contributed by atoms with Gasteiger partial charge in [0.1, 0.15) is 11.6 Å². The van der Waals surface area contributed by atoms with Crippen LogP contribution in [0.25, 0.3) is 33.6 Å². The summed E-state index contributed by atoms with van der Waals surface area (Å²) in [6.07, 6.45) is 12.6. The summed E-state index contributed by atoms with van der Waals surface area (Å²) in [5.41, 5.74) is 4.98. The number of ether oxygens (including phenoxy) is 1. The molecular weight excluding hydrogens is 835 g/mol. The normalized spacial score (nSPS) is 22.2. The second kappa shape index (κ2) is 14.2. The van der Waals surface area contributed by atoms with Crippen molar-refractivity contribution in [1.29, 1.82) is 0 Å². The molecule has 1 amide bonds. The van der Waals surface area contributed by atoms with Crippen molar-refractivity contribution in [3.05, 3.63) is 129 Å². The van der Waals surface area contributed by atoms with Crippen molar-refractivity contribution >= 4 is 28.2 Å². The summed E-state index contributed by atoms with van der Waals surface area (Å²) in [4.78, 5) is 37.2. The van der Waals surface area contributed by atoms with E-state index in [-0.39, 0.29) is 40.2 Å². The summed E-state index contributed by atoms with van der Waals surface area (Å²) in [6.45, 7) is 7.16. The number of carbonyl (C=O) groups is 1. The number of amides is 1. The topological polar surface area (TPSA) is 150 Å². The number of halogens is 2. The molecule has 7 aromatic rings. The van der Waals surface area contributed by atoms with Crippen LogP contribution in [0.4, 0.5) is 8.78 Å². The van der Waals surface area contributed by atoms with Crippen LogP contribution < -0.4 is 11.0 Å². The van der Waals surface area contributed by atoms with Crippen LogP contribution in [-0.4, -0.2) is 80.0 Å². The highest BCUT2D eigenvalue weighted by atomic mass is 19.1. The van der Waals surface area contributed by atoms with E-state index in [0.29, 0.717) is 77.7 Å². The Hall–Kier alpha value is -6.59. The van der Waals surface area contributed by atoms with E-state index in [0.717, 1.165) is 42.3 Å². The summed E-state index contributed by atoms with van der Waals surface area (Å²) in [7, 11) is 1.73. The van der Waals surface area contributed by atoms with Gasteiger partial charge in [-0.25, -0.2) is 18.3 Å². The van der Waals surface area contributed by atoms with Crippen molar-refractivity contribution in [3.8, 4) is 17.2 Å². The molecule has 17 heteroatoms. The number of carbonyl (C=O) groups excluding carboxylic acids is 1. The number of amidine groups is 1. The highest BCUT2D eigenvalue weighted by molar-refractivity contribution is 6.05. The highest BCUT2D eigenvalue weighted by Gasteiger charge is 2.55. The van der Waals surface area contributed by atoms with E-state index < -0.39 is 29.4 Å². The zero-order valence-electron chi connectivity index (χ0n) is 36.5. The molecule has 5 aliphatic rings. The van der Waals surface area contributed by atoms with Gasteiger partial charge in [0.25, 0.3) is 5.91 Å². The van der Waals surface area contributed by atoms with Crippen LogP contribution in [0.2, 0.25) is 0 Å². The van der Waals surface area contributed by atoms with Gasteiger partial charge in [-0.15, -0.1) is 0 Å². The van der Waals surface area contributed by atoms with Crippen molar-refractivity contribution < 1.29 is 28.3 Å². The van der Waals surface area contributed by atoms with Crippen LogP contribution in [0.15, 0.2) is 83.4 Å². The fourth-order valence-electron chi connectivity index (χ4n) is 10.8. The predicted octanol–water partition coefficient (Wildman–Crippen LogP) is 6.78. The first-order chi connectivity index (χ1) is 31.3. The fourth-order valence-corrected chi connectivity index (χ4v) is 10.8. The molecule has 2 saturated carbocycles. The molecule has 5 aromatic heterocycles. The molecule has 1 unspecified atom stereocenters. The Morgan fingerprint density at radius 3 is 2.54 bits per heavy atom. The first kappa shape index (κ1) is 40.0. The van der Waals surface area contributed by atoms with Gasteiger partial charge in [0.05, 0.1) is 62.3 Å². The van der Waals surface area contributed by atoms with Crippen LogP contribution in [0.5, 0.6) is 0 Å². The molecule has 0 bridgehead atoms. The number of nitrogens with one attached hydrogen (secondary N) is 1. The lowest BCUT2D eigenvalue weighted by Gasteiger charge is -2.35. The Balaban J connectivity index is 0.987. The van der Waals surface area contributed by atoms with Crippen molar-refractivity contribution in [2.45, 2.75) is 101 Å². The first-order valence-electron chi connectivity index (χ1n) is 22.4. The van der Waals surface area contributed by atoms with Gasteiger partial charge < -0.3 is 29.3 Å². The van der Waals surface area contributed by atoms with E-state index in [9.17, 15) is 9.90 Å². The summed E-state index contributed by atoms with van der Waals surface area (Å²) in [5, 5.41) is 27.1. The lowest BCUT2D eigenvalue weighted by Crippen LogP contribution is -2.41. The van der Waals surface area contributed by atoms with Gasteiger partial charge in [-0.2, -0.15) is 10.2 Å². The van der Waals surface area contributed by atoms with E-state index >= 15 is 13.6 Å². The van der Waals surface area contributed by atoms with Crippen molar-refractivity contribution in [2.24, 2.45) is 12.2 Å². The maximum absolute atomic E-state index is 16.2. The van der Waals surface area contributed by atoms with Crippen LogP contribution in [-0.2, 0) is 28.5 Å². The van der Waals surface area contributed by atoms with Crippen LogP contribution in [0, 0.1) is 11.6 Å². The second-order valence-corrected chi connectivity index (χ2v) is 19.0. The lowest BCUT2D eigenvalue weighted by atomic mass is 9.84. The number of oxime groups is 1. The number of fused-ring (bicyclic) bond motifs is 3. The molecule has 8 heterocycles. The summed E-state index contributed by atoms with van der Waals surface area (Å²) in [5.74, 6) is 0.145. The zero-order chi connectivity index (χ0) is 44.7. The molecule has 0 radical (unpaired) electrons. The molecule has 3 atom stereocenters. The molecule has 15 nitrogen and oxygen atoms in total. The molecule has 1 saturated heterocycles. The Morgan fingerprint density at radius 2 is 1.78 bits per heavy atom. The maximum Gasteiger partial charge on any atom is 0.338 e. The van der Waals surface area contributed by atoms with Crippen molar-refractivity contribution in [1.82, 2.24) is 43.3 Å². The largest absolute Gasteiger partial charge is 0.376 e. The van der Waals surface area contributed by atoms with Gasteiger partial charge in [-0.1, -0.05) is 11.2 Å². The van der Waals surface area contributed by atoms with Gasteiger partial charge in [0.2, 0.25) is 0 Å².